The lowest BCUT2D eigenvalue weighted by Gasteiger charge is -2.01. The van der Waals surface area contributed by atoms with E-state index in [1.807, 2.05) is 5.09 Å². The summed E-state index contributed by atoms with van der Waals surface area (Å²) in [5, 5.41) is 5.05. The summed E-state index contributed by atoms with van der Waals surface area (Å²) in [6.45, 7) is 0. The van der Waals surface area contributed by atoms with E-state index in [0.717, 1.165) is 0 Å². The first-order valence-electron chi connectivity index (χ1n) is 2.32. The van der Waals surface area contributed by atoms with Crippen LogP contribution in [0.5, 0.6) is 0 Å². The molecule has 10 heavy (non-hydrogen) atoms. The maximum Gasteiger partial charge on any atom is 0.428 e. The summed E-state index contributed by atoms with van der Waals surface area (Å²) < 4.78 is 14.5. The van der Waals surface area contributed by atoms with Gasteiger partial charge in [-0.2, -0.15) is 0 Å². The number of nitrogens with zero attached hydrogens (tertiary/aromatic N) is 1. The van der Waals surface area contributed by atoms with E-state index in [-0.39, 0.29) is 5.82 Å². The molecule has 7 heteroatoms. The maximum atomic E-state index is 10.2. The Hall–Kier alpha value is -0.840. The van der Waals surface area contributed by atoms with Crippen LogP contribution in [-0.2, 0) is 4.57 Å². The largest absolute Gasteiger partial charge is 0.428 e. The van der Waals surface area contributed by atoms with Crippen LogP contribution in [0.15, 0.2) is 16.9 Å². The third-order valence-corrected chi connectivity index (χ3v) is 1.22. The molecule has 0 fully saturated rings. The lowest BCUT2D eigenvalue weighted by atomic mass is 10.7. The normalized spacial score (nSPS) is 11.4. The Morgan fingerprint density at radius 3 is 2.80 bits per heavy atom. The van der Waals surface area contributed by atoms with Gasteiger partial charge in [-0.15, -0.1) is 0 Å². The van der Waals surface area contributed by atoms with Gasteiger partial charge < -0.3 is 14.3 Å². The Morgan fingerprint density at radius 2 is 2.40 bits per heavy atom. The van der Waals surface area contributed by atoms with Crippen molar-refractivity contribution in [2.45, 2.75) is 0 Å². The monoisotopic (exact) mass is 164 g/mol. The molecule has 0 unspecified atom stereocenters. The molecule has 1 aromatic heterocycles. The molecule has 0 atom stereocenters. The molecule has 0 radical (unpaired) electrons. The fourth-order valence-electron chi connectivity index (χ4n) is 0.419. The van der Waals surface area contributed by atoms with Crippen molar-refractivity contribution in [2.24, 2.45) is 0 Å². The van der Waals surface area contributed by atoms with Crippen LogP contribution in [-0.4, -0.2) is 14.9 Å². The average Bonchev–Trinajstić information content (AvgIpc) is 2.12. The highest BCUT2D eigenvalue weighted by Crippen LogP contribution is 2.33. The predicted molar refractivity (Wildman–Crippen MR) is 32.2 cm³/mol. The van der Waals surface area contributed by atoms with Crippen LogP contribution in [0.3, 0.4) is 0 Å². The minimum absolute atomic E-state index is 0.0216. The molecule has 0 aliphatic rings. The number of rotatable bonds is 2. The minimum atomic E-state index is -4.23. The molecule has 6 nitrogen and oxygen atoms in total. The van der Waals surface area contributed by atoms with Gasteiger partial charge in [-0.3, -0.25) is 5.09 Å². The summed E-state index contributed by atoms with van der Waals surface area (Å²) in [5.41, 5.74) is 0. The second-order valence-corrected chi connectivity index (χ2v) is 2.85. The van der Waals surface area contributed by atoms with E-state index in [9.17, 15) is 4.57 Å². The SMILES string of the molecule is O=P(O)(O)Nc1ccon1. The van der Waals surface area contributed by atoms with Gasteiger partial charge in [-0.25, -0.2) is 4.57 Å². The first kappa shape index (κ1) is 7.27. The van der Waals surface area contributed by atoms with Gasteiger partial charge in [0.05, 0.1) is 0 Å². The van der Waals surface area contributed by atoms with Crippen LogP contribution >= 0.6 is 7.75 Å². The molecule has 0 saturated carbocycles. The molecular formula is C3H5N2O4P. The molecule has 1 heterocycles. The van der Waals surface area contributed by atoms with E-state index >= 15 is 0 Å². The van der Waals surface area contributed by atoms with Crippen LogP contribution in [0.25, 0.3) is 0 Å². The molecule has 0 spiro atoms. The molecule has 1 aromatic rings. The third-order valence-electron chi connectivity index (χ3n) is 0.698. The zero-order chi connectivity index (χ0) is 7.61. The van der Waals surface area contributed by atoms with Crippen LogP contribution in [0.2, 0.25) is 0 Å². The Morgan fingerprint density at radius 1 is 1.70 bits per heavy atom. The van der Waals surface area contributed by atoms with Gasteiger partial charge in [0.15, 0.2) is 5.82 Å². The van der Waals surface area contributed by atoms with Crippen molar-refractivity contribution in [1.29, 1.82) is 0 Å². The van der Waals surface area contributed by atoms with Crippen LogP contribution in [0.4, 0.5) is 5.82 Å². The van der Waals surface area contributed by atoms with E-state index in [0.29, 0.717) is 0 Å². The second-order valence-electron chi connectivity index (χ2n) is 1.54. The number of anilines is 1. The molecule has 0 saturated heterocycles. The maximum absolute atomic E-state index is 10.2. The third kappa shape index (κ3) is 2.18. The Labute approximate surface area is 56.1 Å². The van der Waals surface area contributed by atoms with Gasteiger partial charge in [-0.05, 0) is 0 Å². The molecule has 56 valence electrons. The average molecular weight is 164 g/mol. The van der Waals surface area contributed by atoms with Gasteiger partial charge in [0.1, 0.15) is 6.26 Å². The Bertz CT molecular complexity index is 239. The zero-order valence-corrected chi connectivity index (χ0v) is 5.65. The second kappa shape index (κ2) is 2.42. The van der Waals surface area contributed by atoms with E-state index in [1.165, 1.54) is 12.3 Å². The Balaban J connectivity index is 2.66. The standard InChI is InChI=1S/C3H5N2O4P/c6-10(7,8)5-3-1-2-9-4-3/h1-2H,(H3,4,5,6,7,8). The molecule has 0 bridgehead atoms. The molecule has 3 N–H and O–H groups in total. The van der Waals surface area contributed by atoms with E-state index in [1.54, 1.807) is 0 Å². The first-order chi connectivity index (χ1) is 4.58. The van der Waals surface area contributed by atoms with Gasteiger partial charge in [0.2, 0.25) is 0 Å². The summed E-state index contributed by atoms with van der Waals surface area (Å²) in [4.78, 5) is 16.6. The minimum Gasteiger partial charge on any atom is -0.363 e. The van der Waals surface area contributed by atoms with Crippen molar-refractivity contribution in [3.05, 3.63) is 12.3 Å². The smallest absolute Gasteiger partial charge is 0.363 e. The lowest BCUT2D eigenvalue weighted by Crippen LogP contribution is -1.93. The summed E-state index contributed by atoms with van der Waals surface area (Å²) in [6.07, 6.45) is 1.21. The van der Waals surface area contributed by atoms with Crippen LogP contribution < -0.4 is 5.09 Å². The zero-order valence-electron chi connectivity index (χ0n) is 4.76. The van der Waals surface area contributed by atoms with Crippen molar-refractivity contribution in [3.8, 4) is 0 Å². The summed E-state index contributed by atoms with van der Waals surface area (Å²) in [5.74, 6) is 0.0216. The van der Waals surface area contributed by atoms with E-state index < -0.39 is 7.75 Å². The molecule has 0 aromatic carbocycles. The molecule has 0 aliphatic heterocycles. The van der Waals surface area contributed by atoms with Gasteiger partial charge in [0, 0.05) is 6.07 Å². The van der Waals surface area contributed by atoms with Gasteiger partial charge >= 0.3 is 7.75 Å². The summed E-state index contributed by atoms with van der Waals surface area (Å²) >= 11 is 0. The topological polar surface area (TPSA) is 95.6 Å². The van der Waals surface area contributed by atoms with Gasteiger partial charge in [0.25, 0.3) is 0 Å². The van der Waals surface area contributed by atoms with Crippen molar-refractivity contribution >= 4 is 13.6 Å². The van der Waals surface area contributed by atoms with Crippen LogP contribution in [0.1, 0.15) is 0 Å². The molecule has 0 amide bonds. The highest BCUT2D eigenvalue weighted by Gasteiger charge is 2.13. The van der Waals surface area contributed by atoms with Gasteiger partial charge in [-0.1, -0.05) is 5.16 Å². The Kier molecular flexibility index (Phi) is 1.76. The number of aromatic nitrogens is 1. The molecule has 0 aliphatic carbocycles. The molecule has 1 rings (SSSR count). The number of nitrogens with one attached hydrogen (secondary N) is 1. The van der Waals surface area contributed by atoms with Crippen molar-refractivity contribution < 1.29 is 18.9 Å². The quantitative estimate of drug-likeness (QED) is 0.539. The predicted octanol–water partition coefficient (Wildman–Crippen LogP) is 0.179. The molecular weight excluding hydrogens is 159 g/mol. The van der Waals surface area contributed by atoms with E-state index in [2.05, 4.69) is 9.68 Å². The fraction of sp³-hybridized carbons (Fsp3) is 0. The van der Waals surface area contributed by atoms with Crippen LogP contribution in [0, 0.1) is 0 Å². The summed E-state index contributed by atoms with van der Waals surface area (Å²) in [6, 6.07) is 1.30. The van der Waals surface area contributed by atoms with Crippen molar-refractivity contribution in [3.63, 3.8) is 0 Å². The highest BCUT2D eigenvalue weighted by atomic mass is 31.2. The summed E-state index contributed by atoms with van der Waals surface area (Å²) in [7, 11) is -4.23. The number of hydrogen-bond donors (Lipinski definition) is 3. The van der Waals surface area contributed by atoms with E-state index in [4.69, 9.17) is 9.79 Å². The lowest BCUT2D eigenvalue weighted by molar-refractivity contribution is 0.378. The fourth-order valence-corrected chi connectivity index (χ4v) is 0.833. The first-order valence-corrected chi connectivity index (χ1v) is 3.93. The van der Waals surface area contributed by atoms with Crippen molar-refractivity contribution in [1.82, 2.24) is 5.16 Å². The number of hydrogen-bond acceptors (Lipinski definition) is 3. The highest BCUT2D eigenvalue weighted by molar-refractivity contribution is 7.53. The van der Waals surface area contributed by atoms with Crippen molar-refractivity contribution in [2.75, 3.05) is 5.09 Å².